The molecule has 2 rings (SSSR count). The number of anilines is 2. The number of pyridine rings is 1. The van der Waals surface area contributed by atoms with Gasteiger partial charge < -0.3 is 15.8 Å². The first kappa shape index (κ1) is 14.6. The lowest BCUT2D eigenvalue weighted by molar-refractivity contribution is -0.140. The summed E-state index contributed by atoms with van der Waals surface area (Å²) in [6, 6.07) is 5.61. The maximum Gasteiger partial charge on any atom is 0.325 e. The van der Waals surface area contributed by atoms with Crippen LogP contribution in [0.1, 0.15) is 12.6 Å². The Labute approximate surface area is 125 Å². The first-order valence-electron chi connectivity index (χ1n) is 6.28. The number of esters is 1. The van der Waals surface area contributed by atoms with Gasteiger partial charge in [-0.25, -0.2) is 4.98 Å². The van der Waals surface area contributed by atoms with Crippen LogP contribution < -0.4 is 11.1 Å². The average molecular weight is 338 g/mol. The summed E-state index contributed by atoms with van der Waals surface area (Å²) in [6.07, 6.45) is 0. The molecule has 0 amide bonds. The van der Waals surface area contributed by atoms with Crippen LogP contribution in [-0.2, 0) is 9.53 Å². The molecule has 0 fully saturated rings. The number of benzene rings is 1. The summed E-state index contributed by atoms with van der Waals surface area (Å²) in [7, 11) is 0. The van der Waals surface area contributed by atoms with E-state index >= 15 is 0 Å². The standard InChI is InChI=1S/C14H16BrN3O2/c1-3-20-11(19)7-17-14-9-5-4-6-10(16)12(9)13(15)8(2)18-14/h4-6H,3,7,16H2,1-2H3,(H,17,18). The molecular formula is C14H16BrN3O2. The number of ether oxygens (including phenoxy) is 1. The van der Waals surface area contributed by atoms with E-state index in [0.717, 1.165) is 20.9 Å². The molecule has 1 aromatic carbocycles. The zero-order valence-corrected chi connectivity index (χ0v) is 13.0. The number of aromatic nitrogens is 1. The van der Waals surface area contributed by atoms with Crippen LogP contribution >= 0.6 is 15.9 Å². The van der Waals surface area contributed by atoms with E-state index in [0.29, 0.717) is 18.1 Å². The third-order valence-electron chi connectivity index (χ3n) is 2.87. The molecule has 20 heavy (non-hydrogen) atoms. The van der Waals surface area contributed by atoms with Gasteiger partial charge in [-0.1, -0.05) is 12.1 Å². The highest BCUT2D eigenvalue weighted by molar-refractivity contribution is 9.10. The number of nitrogen functional groups attached to an aromatic ring is 1. The van der Waals surface area contributed by atoms with E-state index in [1.807, 2.05) is 25.1 Å². The van der Waals surface area contributed by atoms with Gasteiger partial charge in [-0.05, 0) is 35.8 Å². The molecule has 0 atom stereocenters. The quantitative estimate of drug-likeness (QED) is 0.662. The summed E-state index contributed by atoms with van der Waals surface area (Å²) in [4.78, 5) is 15.9. The van der Waals surface area contributed by atoms with E-state index in [4.69, 9.17) is 10.5 Å². The van der Waals surface area contributed by atoms with Gasteiger partial charge in [0.1, 0.15) is 12.4 Å². The Morgan fingerprint density at radius 3 is 2.95 bits per heavy atom. The maximum atomic E-state index is 11.4. The van der Waals surface area contributed by atoms with Crippen molar-refractivity contribution in [1.29, 1.82) is 0 Å². The number of halogens is 1. The fraction of sp³-hybridized carbons (Fsp3) is 0.286. The molecule has 0 saturated heterocycles. The second-order valence-corrected chi connectivity index (χ2v) is 5.08. The lowest BCUT2D eigenvalue weighted by Gasteiger charge is -2.13. The van der Waals surface area contributed by atoms with Crippen molar-refractivity contribution in [3.05, 3.63) is 28.4 Å². The normalized spacial score (nSPS) is 10.6. The second-order valence-electron chi connectivity index (χ2n) is 4.29. The molecule has 0 aliphatic heterocycles. The largest absolute Gasteiger partial charge is 0.465 e. The van der Waals surface area contributed by atoms with Crippen molar-refractivity contribution in [3.8, 4) is 0 Å². The smallest absolute Gasteiger partial charge is 0.325 e. The summed E-state index contributed by atoms with van der Waals surface area (Å²) >= 11 is 3.51. The molecular weight excluding hydrogens is 322 g/mol. The topological polar surface area (TPSA) is 77.2 Å². The first-order valence-corrected chi connectivity index (χ1v) is 7.07. The third-order valence-corrected chi connectivity index (χ3v) is 3.84. The maximum absolute atomic E-state index is 11.4. The zero-order chi connectivity index (χ0) is 14.7. The van der Waals surface area contributed by atoms with Crippen molar-refractivity contribution in [3.63, 3.8) is 0 Å². The fourth-order valence-electron chi connectivity index (χ4n) is 1.97. The number of nitrogens with two attached hydrogens (primary N) is 1. The van der Waals surface area contributed by atoms with Crippen molar-refractivity contribution in [2.24, 2.45) is 0 Å². The van der Waals surface area contributed by atoms with Gasteiger partial charge in [-0.3, -0.25) is 4.79 Å². The lowest BCUT2D eigenvalue weighted by atomic mass is 10.1. The molecule has 0 aliphatic carbocycles. The number of hydrogen-bond donors (Lipinski definition) is 2. The van der Waals surface area contributed by atoms with E-state index in [-0.39, 0.29) is 12.5 Å². The zero-order valence-electron chi connectivity index (χ0n) is 11.4. The van der Waals surface area contributed by atoms with E-state index in [9.17, 15) is 4.79 Å². The van der Waals surface area contributed by atoms with Crippen LogP contribution in [0.5, 0.6) is 0 Å². The van der Waals surface area contributed by atoms with Gasteiger partial charge in [0, 0.05) is 20.9 Å². The van der Waals surface area contributed by atoms with Gasteiger partial charge in [0.25, 0.3) is 0 Å². The van der Waals surface area contributed by atoms with Gasteiger partial charge in [0.2, 0.25) is 0 Å². The summed E-state index contributed by atoms with van der Waals surface area (Å²) in [5.74, 6) is 0.313. The summed E-state index contributed by atoms with van der Waals surface area (Å²) in [6.45, 7) is 4.09. The minimum Gasteiger partial charge on any atom is -0.465 e. The summed E-state index contributed by atoms with van der Waals surface area (Å²) in [5, 5.41) is 4.77. The van der Waals surface area contributed by atoms with Gasteiger partial charge in [0.15, 0.2) is 0 Å². The Kier molecular flexibility index (Phi) is 4.44. The predicted octanol–water partition coefficient (Wildman–Crippen LogP) is 2.86. The van der Waals surface area contributed by atoms with Gasteiger partial charge in [-0.15, -0.1) is 0 Å². The van der Waals surface area contributed by atoms with Crippen molar-refractivity contribution in [2.45, 2.75) is 13.8 Å². The molecule has 0 bridgehead atoms. The van der Waals surface area contributed by atoms with E-state index in [1.165, 1.54) is 0 Å². The van der Waals surface area contributed by atoms with Crippen molar-refractivity contribution in [1.82, 2.24) is 4.98 Å². The molecule has 0 spiro atoms. The molecule has 1 heterocycles. The predicted molar refractivity (Wildman–Crippen MR) is 83.7 cm³/mol. The Morgan fingerprint density at radius 2 is 2.25 bits per heavy atom. The van der Waals surface area contributed by atoms with Gasteiger partial charge in [-0.2, -0.15) is 0 Å². The fourth-order valence-corrected chi connectivity index (χ4v) is 2.50. The van der Waals surface area contributed by atoms with E-state index in [1.54, 1.807) is 6.92 Å². The summed E-state index contributed by atoms with van der Waals surface area (Å²) < 4.78 is 5.76. The lowest BCUT2D eigenvalue weighted by Crippen LogP contribution is -2.17. The minimum atomic E-state index is -0.313. The Hall–Kier alpha value is -1.82. The van der Waals surface area contributed by atoms with Crippen LogP contribution in [-0.4, -0.2) is 24.1 Å². The molecule has 0 unspecified atom stereocenters. The van der Waals surface area contributed by atoms with Crippen molar-refractivity contribution < 1.29 is 9.53 Å². The van der Waals surface area contributed by atoms with E-state index < -0.39 is 0 Å². The Balaban J connectivity index is 2.41. The first-order chi connectivity index (χ1) is 9.54. The van der Waals surface area contributed by atoms with Crippen LogP contribution in [0.25, 0.3) is 10.8 Å². The Morgan fingerprint density at radius 1 is 1.50 bits per heavy atom. The number of nitrogens with zero attached hydrogens (tertiary/aromatic N) is 1. The summed E-state index contributed by atoms with van der Waals surface area (Å²) in [5.41, 5.74) is 7.49. The van der Waals surface area contributed by atoms with Crippen LogP contribution in [0.4, 0.5) is 11.5 Å². The Bertz CT molecular complexity index is 658. The average Bonchev–Trinajstić information content (AvgIpc) is 2.41. The van der Waals surface area contributed by atoms with Crippen molar-refractivity contribution in [2.75, 3.05) is 24.2 Å². The molecule has 1 aromatic heterocycles. The van der Waals surface area contributed by atoms with Crippen molar-refractivity contribution >= 4 is 44.2 Å². The van der Waals surface area contributed by atoms with Gasteiger partial charge in [0.05, 0.1) is 12.3 Å². The monoisotopic (exact) mass is 337 g/mol. The third kappa shape index (κ3) is 2.85. The molecule has 6 heteroatoms. The van der Waals surface area contributed by atoms with Crippen LogP contribution in [0.15, 0.2) is 22.7 Å². The molecule has 3 N–H and O–H groups in total. The van der Waals surface area contributed by atoms with Crippen LogP contribution in [0, 0.1) is 6.92 Å². The van der Waals surface area contributed by atoms with Gasteiger partial charge >= 0.3 is 5.97 Å². The van der Waals surface area contributed by atoms with Crippen LogP contribution in [0.3, 0.4) is 0 Å². The number of aryl methyl sites for hydroxylation is 1. The number of carbonyl (C=O) groups is 1. The van der Waals surface area contributed by atoms with Crippen LogP contribution in [0.2, 0.25) is 0 Å². The number of carbonyl (C=O) groups excluding carboxylic acids is 1. The SMILES string of the molecule is CCOC(=O)CNc1nc(C)c(Br)c2c(N)cccc12. The molecule has 0 saturated carbocycles. The second kappa shape index (κ2) is 6.09. The highest BCUT2D eigenvalue weighted by Crippen LogP contribution is 2.34. The molecule has 0 aliphatic rings. The minimum absolute atomic E-state index is 0.0752. The number of rotatable bonds is 4. The van der Waals surface area contributed by atoms with E-state index in [2.05, 4.69) is 26.2 Å². The number of nitrogens with one attached hydrogen (secondary N) is 1. The highest BCUT2D eigenvalue weighted by Gasteiger charge is 2.12. The molecule has 5 nitrogen and oxygen atoms in total. The molecule has 106 valence electrons. The molecule has 2 aromatic rings. The number of fused-ring (bicyclic) bond motifs is 1. The molecule has 0 radical (unpaired) electrons. The highest BCUT2D eigenvalue weighted by atomic mass is 79.9. The number of hydrogen-bond acceptors (Lipinski definition) is 5.